The Hall–Kier alpha value is -2.01. The zero-order chi connectivity index (χ0) is 18.9. The molecule has 1 N–H and O–H groups in total. The summed E-state index contributed by atoms with van der Waals surface area (Å²) in [7, 11) is 0. The van der Waals surface area contributed by atoms with Gasteiger partial charge in [-0.1, -0.05) is 49.4 Å². The molecule has 0 atom stereocenters. The van der Waals surface area contributed by atoms with Gasteiger partial charge in [0.05, 0.1) is 11.4 Å². The number of nitrogens with one attached hydrogen (secondary N) is 1. The Morgan fingerprint density at radius 1 is 0.857 bits per heavy atom. The molecule has 4 aromatic rings. The van der Waals surface area contributed by atoms with Crippen molar-refractivity contribution in [2.45, 2.75) is 36.0 Å². The minimum absolute atomic E-state index is 1.13. The second-order valence-electron chi connectivity index (χ2n) is 6.96. The molecule has 5 rings (SSSR count). The van der Waals surface area contributed by atoms with Crippen LogP contribution in [0, 0.1) is 0 Å². The highest BCUT2D eigenvalue weighted by Crippen LogP contribution is 2.49. The molecule has 1 nitrogen and oxygen atoms in total. The minimum Gasteiger partial charge on any atom is -0.354 e. The quantitative estimate of drug-likeness (QED) is 0.306. The van der Waals surface area contributed by atoms with Crippen LogP contribution in [0.3, 0.4) is 0 Å². The van der Waals surface area contributed by atoms with E-state index in [-0.39, 0.29) is 0 Å². The average molecular weight is 420 g/mol. The second kappa shape index (κ2) is 7.78. The van der Waals surface area contributed by atoms with Crippen molar-refractivity contribution in [1.82, 2.24) is 0 Å². The first-order valence-corrected chi connectivity index (χ1v) is 12.2. The Bertz CT molecular complexity index is 1100. The molecule has 0 fully saturated rings. The molecule has 0 saturated carbocycles. The van der Waals surface area contributed by atoms with E-state index in [1.54, 1.807) is 11.3 Å². The molecule has 140 valence electrons. The fourth-order valence-electron chi connectivity index (χ4n) is 3.67. The molecule has 0 bridgehead atoms. The van der Waals surface area contributed by atoms with Gasteiger partial charge in [0.2, 0.25) is 0 Å². The van der Waals surface area contributed by atoms with Crippen LogP contribution in [0.1, 0.15) is 25.3 Å². The number of anilines is 2. The monoisotopic (exact) mass is 419 g/mol. The highest BCUT2D eigenvalue weighted by Gasteiger charge is 2.22. The van der Waals surface area contributed by atoms with Crippen LogP contribution in [-0.2, 0) is 6.42 Å². The summed E-state index contributed by atoms with van der Waals surface area (Å²) >= 11 is 5.56. The van der Waals surface area contributed by atoms with Gasteiger partial charge in [0, 0.05) is 19.5 Å². The van der Waals surface area contributed by atoms with Gasteiger partial charge in [-0.05, 0) is 70.6 Å². The number of unbranched alkanes of at least 4 members (excludes halogenated alkanes) is 1. The van der Waals surface area contributed by atoms with Crippen molar-refractivity contribution in [3.05, 3.63) is 70.9 Å². The van der Waals surface area contributed by atoms with Crippen molar-refractivity contribution in [2.75, 3.05) is 5.32 Å². The van der Waals surface area contributed by atoms with Gasteiger partial charge in [0.1, 0.15) is 0 Å². The van der Waals surface area contributed by atoms with Crippen LogP contribution in [0.5, 0.6) is 0 Å². The second-order valence-corrected chi connectivity index (χ2v) is 9.91. The Balaban J connectivity index is 1.59. The van der Waals surface area contributed by atoms with E-state index in [1.807, 2.05) is 23.1 Å². The van der Waals surface area contributed by atoms with Crippen molar-refractivity contribution in [2.24, 2.45) is 0 Å². The molecule has 0 amide bonds. The SMILES string of the molecule is CCCCc1c(-c2cccs2)ccc2c1Sc1cc(-c3cccs3)ccc1N2. The molecule has 3 heterocycles. The summed E-state index contributed by atoms with van der Waals surface area (Å²) in [6.45, 7) is 2.27. The van der Waals surface area contributed by atoms with Gasteiger partial charge in [-0.25, -0.2) is 0 Å². The topological polar surface area (TPSA) is 12.0 Å². The van der Waals surface area contributed by atoms with Crippen LogP contribution in [0.4, 0.5) is 11.4 Å². The molecular weight excluding hydrogens is 398 g/mol. The number of rotatable bonds is 5. The Morgan fingerprint density at radius 3 is 2.39 bits per heavy atom. The van der Waals surface area contributed by atoms with Crippen LogP contribution >= 0.6 is 34.4 Å². The van der Waals surface area contributed by atoms with Gasteiger partial charge in [-0.2, -0.15) is 0 Å². The van der Waals surface area contributed by atoms with Crippen LogP contribution in [-0.4, -0.2) is 0 Å². The van der Waals surface area contributed by atoms with Crippen LogP contribution in [0.25, 0.3) is 20.9 Å². The predicted octanol–water partition coefficient (Wildman–Crippen LogP) is 8.69. The lowest BCUT2D eigenvalue weighted by atomic mass is 9.99. The highest BCUT2D eigenvalue weighted by atomic mass is 32.2. The van der Waals surface area contributed by atoms with E-state index in [0.29, 0.717) is 0 Å². The normalized spacial score (nSPS) is 12.3. The van der Waals surface area contributed by atoms with Crippen LogP contribution in [0.2, 0.25) is 0 Å². The third kappa shape index (κ3) is 3.30. The fraction of sp³-hybridized carbons (Fsp3) is 0.167. The summed E-state index contributed by atoms with van der Waals surface area (Å²) in [6.07, 6.45) is 3.56. The van der Waals surface area contributed by atoms with E-state index in [9.17, 15) is 0 Å². The number of benzene rings is 2. The van der Waals surface area contributed by atoms with Crippen LogP contribution in [0.15, 0.2) is 75.1 Å². The fourth-order valence-corrected chi connectivity index (χ4v) is 6.37. The van der Waals surface area contributed by atoms with Crippen molar-refractivity contribution >= 4 is 45.8 Å². The van der Waals surface area contributed by atoms with E-state index in [4.69, 9.17) is 0 Å². The maximum Gasteiger partial charge on any atom is 0.0529 e. The number of thiophene rings is 2. The first kappa shape index (κ1) is 18.0. The largest absolute Gasteiger partial charge is 0.354 e. The van der Waals surface area contributed by atoms with E-state index in [2.05, 4.69) is 77.6 Å². The lowest BCUT2D eigenvalue weighted by Crippen LogP contribution is -2.04. The third-order valence-corrected chi connectivity index (χ3v) is 8.15. The smallest absolute Gasteiger partial charge is 0.0529 e. The first-order valence-electron chi connectivity index (χ1n) is 9.66. The summed E-state index contributed by atoms with van der Waals surface area (Å²) in [5.41, 5.74) is 6.65. The zero-order valence-corrected chi connectivity index (χ0v) is 18.1. The molecule has 1 aliphatic heterocycles. The maximum absolute atomic E-state index is 3.69. The van der Waals surface area contributed by atoms with E-state index in [1.165, 1.54) is 60.5 Å². The van der Waals surface area contributed by atoms with Crippen molar-refractivity contribution < 1.29 is 0 Å². The lowest BCUT2D eigenvalue weighted by Gasteiger charge is -2.25. The Labute approximate surface area is 178 Å². The van der Waals surface area contributed by atoms with Gasteiger partial charge >= 0.3 is 0 Å². The lowest BCUT2D eigenvalue weighted by molar-refractivity contribution is 0.787. The third-order valence-electron chi connectivity index (χ3n) is 5.10. The number of fused-ring (bicyclic) bond motifs is 2. The molecular formula is C24H21NS3. The minimum atomic E-state index is 1.13. The molecule has 28 heavy (non-hydrogen) atoms. The highest BCUT2D eigenvalue weighted by molar-refractivity contribution is 7.99. The summed E-state index contributed by atoms with van der Waals surface area (Å²) in [5, 5.41) is 8.01. The van der Waals surface area contributed by atoms with E-state index < -0.39 is 0 Å². The molecule has 0 spiro atoms. The number of hydrogen-bond donors (Lipinski definition) is 1. The van der Waals surface area contributed by atoms with Crippen molar-refractivity contribution in [1.29, 1.82) is 0 Å². The zero-order valence-electron chi connectivity index (χ0n) is 15.7. The van der Waals surface area contributed by atoms with Crippen molar-refractivity contribution in [3.63, 3.8) is 0 Å². The van der Waals surface area contributed by atoms with Crippen molar-refractivity contribution in [3.8, 4) is 20.9 Å². The Morgan fingerprint density at radius 2 is 1.64 bits per heavy atom. The standard InChI is InChI=1S/C24H21NS3/c1-2-3-6-18-17(22-8-5-14-27-22)10-12-20-24(18)28-23-15-16(9-11-19(23)25-20)21-7-4-13-26-21/h4-5,7-15,25H,2-3,6H2,1H3. The Kier molecular flexibility index (Phi) is 5.02. The van der Waals surface area contributed by atoms with Gasteiger partial charge in [-0.15, -0.1) is 22.7 Å². The van der Waals surface area contributed by atoms with Gasteiger partial charge in [0.15, 0.2) is 0 Å². The van der Waals surface area contributed by atoms with Gasteiger partial charge < -0.3 is 5.32 Å². The summed E-state index contributed by atoms with van der Waals surface area (Å²) < 4.78 is 0. The van der Waals surface area contributed by atoms with Gasteiger partial charge in [-0.3, -0.25) is 0 Å². The van der Waals surface area contributed by atoms with E-state index in [0.717, 1.165) is 6.42 Å². The molecule has 0 aliphatic carbocycles. The number of hydrogen-bond acceptors (Lipinski definition) is 4. The van der Waals surface area contributed by atoms with Crippen LogP contribution < -0.4 is 5.32 Å². The summed E-state index contributed by atoms with van der Waals surface area (Å²) in [4.78, 5) is 5.41. The summed E-state index contributed by atoms with van der Waals surface area (Å²) in [5.74, 6) is 0. The predicted molar refractivity (Wildman–Crippen MR) is 126 cm³/mol. The molecule has 2 aromatic carbocycles. The molecule has 0 unspecified atom stereocenters. The first-order chi connectivity index (χ1) is 13.8. The molecule has 2 aromatic heterocycles. The molecule has 4 heteroatoms. The average Bonchev–Trinajstić information content (AvgIpc) is 3.44. The molecule has 0 saturated heterocycles. The maximum atomic E-state index is 3.69. The van der Waals surface area contributed by atoms with E-state index >= 15 is 0 Å². The molecule has 1 aliphatic rings. The summed E-state index contributed by atoms with van der Waals surface area (Å²) in [6, 6.07) is 20.0. The molecule has 0 radical (unpaired) electrons. The van der Waals surface area contributed by atoms with Gasteiger partial charge in [0.25, 0.3) is 0 Å².